The second-order valence-electron chi connectivity index (χ2n) is 6.52. The zero-order valence-electron chi connectivity index (χ0n) is 16.5. The van der Waals surface area contributed by atoms with E-state index in [2.05, 4.69) is 90.9 Å². The van der Waals surface area contributed by atoms with Gasteiger partial charge in [-0.15, -0.1) is 0 Å². The highest BCUT2D eigenvalue weighted by Crippen LogP contribution is 2.46. The van der Waals surface area contributed by atoms with Gasteiger partial charge in [-0.1, -0.05) is 54.3 Å². The molecule has 0 amide bonds. The van der Waals surface area contributed by atoms with E-state index < -0.39 is 0 Å². The molecule has 1 aliphatic rings. The minimum atomic E-state index is 0. The van der Waals surface area contributed by atoms with E-state index in [0.717, 1.165) is 19.5 Å². The third-order valence-electron chi connectivity index (χ3n) is 4.93. The molecule has 2 nitrogen and oxygen atoms in total. The molecule has 0 atom stereocenters. The molecular weight excluding hydrogens is 495 g/mol. The fraction of sp³-hybridized carbons (Fsp3) is 0.261. The largest absolute Gasteiger partial charge is 1.00 e. The van der Waals surface area contributed by atoms with E-state index >= 15 is 0 Å². The minimum Gasteiger partial charge on any atom is -1.00 e. The third kappa shape index (κ3) is 4.02. The first-order chi connectivity index (χ1) is 13.2. The number of thiazole rings is 1. The van der Waals surface area contributed by atoms with Crippen LogP contribution in [0.1, 0.15) is 32.2 Å². The van der Waals surface area contributed by atoms with Gasteiger partial charge in [0.1, 0.15) is 11.2 Å². The molecule has 3 aromatic rings. The highest BCUT2D eigenvalue weighted by molar-refractivity contribution is 8.03. The average molecular weight is 521 g/mol. The lowest BCUT2D eigenvalue weighted by molar-refractivity contribution is -0.665. The Bertz CT molecular complexity index is 1040. The number of thioether (sulfide) groups is 1. The van der Waals surface area contributed by atoms with Crippen LogP contribution < -0.4 is 33.4 Å². The van der Waals surface area contributed by atoms with Gasteiger partial charge < -0.3 is 28.9 Å². The number of allylic oxidation sites excluding steroid dienone is 2. The van der Waals surface area contributed by atoms with Crippen LogP contribution in [0.15, 0.2) is 70.1 Å². The number of benzene rings is 2. The van der Waals surface area contributed by atoms with Crippen molar-refractivity contribution in [2.75, 3.05) is 11.4 Å². The lowest BCUT2D eigenvalue weighted by Gasteiger charge is -2.18. The van der Waals surface area contributed by atoms with Crippen LogP contribution in [0.4, 0.5) is 5.69 Å². The number of fused-ring (bicyclic) bond motifs is 2. The predicted molar refractivity (Wildman–Crippen MR) is 119 cm³/mol. The Morgan fingerprint density at radius 3 is 2.54 bits per heavy atom. The van der Waals surface area contributed by atoms with Crippen LogP contribution in [-0.2, 0) is 6.54 Å². The lowest BCUT2D eigenvalue weighted by Crippen LogP contribution is -3.00. The molecule has 2 heterocycles. The second kappa shape index (κ2) is 9.46. The van der Waals surface area contributed by atoms with Gasteiger partial charge in [0.05, 0.1) is 10.7 Å². The molecule has 0 spiro atoms. The first kappa shape index (κ1) is 21.4. The number of nitrogens with zero attached hydrogens (tertiary/aromatic N) is 2. The number of rotatable bonds is 5. The highest BCUT2D eigenvalue weighted by Gasteiger charge is 2.24. The van der Waals surface area contributed by atoms with E-state index in [9.17, 15) is 0 Å². The van der Waals surface area contributed by atoms with Crippen molar-refractivity contribution >= 4 is 45.1 Å². The maximum absolute atomic E-state index is 2.42. The van der Waals surface area contributed by atoms with Crippen molar-refractivity contribution in [3.8, 4) is 0 Å². The SMILES string of the molecule is CCC(/C=C1\Sc2ccccc2N1CC)=C\c1sc2ccccc2[n+]1CC.[I-]. The topological polar surface area (TPSA) is 7.12 Å². The van der Waals surface area contributed by atoms with Crippen LogP contribution >= 0.6 is 23.1 Å². The van der Waals surface area contributed by atoms with Gasteiger partial charge >= 0.3 is 0 Å². The van der Waals surface area contributed by atoms with Crippen LogP contribution in [0.5, 0.6) is 0 Å². The number of aromatic nitrogens is 1. The molecule has 1 aromatic heterocycles. The summed E-state index contributed by atoms with van der Waals surface area (Å²) >= 11 is 3.76. The first-order valence-corrected chi connectivity index (χ1v) is 11.3. The Morgan fingerprint density at radius 1 is 1.04 bits per heavy atom. The Morgan fingerprint density at radius 2 is 1.79 bits per heavy atom. The van der Waals surface area contributed by atoms with E-state index in [1.807, 2.05) is 23.1 Å². The molecule has 5 heteroatoms. The molecule has 1 aliphatic heterocycles. The van der Waals surface area contributed by atoms with Crippen LogP contribution in [0.3, 0.4) is 0 Å². The number of hydrogen-bond donors (Lipinski definition) is 0. The van der Waals surface area contributed by atoms with Crippen LogP contribution in [0, 0.1) is 0 Å². The van der Waals surface area contributed by atoms with Gasteiger partial charge in [-0.3, -0.25) is 0 Å². The van der Waals surface area contributed by atoms with Gasteiger partial charge in [0, 0.05) is 23.6 Å². The maximum Gasteiger partial charge on any atom is 0.263 e. The van der Waals surface area contributed by atoms with Crippen molar-refractivity contribution in [3.05, 3.63) is 70.2 Å². The predicted octanol–water partition coefficient (Wildman–Crippen LogP) is 3.48. The van der Waals surface area contributed by atoms with Crippen molar-refractivity contribution in [1.82, 2.24) is 0 Å². The third-order valence-corrected chi connectivity index (χ3v) is 7.16. The fourth-order valence-corrected chi connectivity index (χ4v) is 5.94. The molecular formula is C23H25IN2S2. The van der Waals surface area contributed by atoms with Gasteiger partial charge in [-0.05, 0) is 50.1 Å². The molecule has 0 aliphatic carbocycles. The molecule has 0 radical (unpaired) electrons. The summed E-state index contributed by atoms with van der Waals surface area (Å²) in [5.74, 6) is 0. The summed E-state index contributed by atoms with van der Waals surface area (Å²) < 4.78 is 3.77. The zero-order chi connectivity index (χ0) is 18.8. The van der Waals surface area contributed by atoms with Crippen molar-refractivity contribution < 1.29 is 28.5 Å². The molecule has 28 heavy (non-hydrogen) atoms. The summed E-state index contributed by atoms with van der Waals surface area (Å²) in [5.41, 5.74) is 4.03. The second-order valence-corrected chi connectivity index (χ2v) is 8.65. The zero-order valence-corrected chi connectivity index (χ0v) is 20.3. The van der Waals surface area contributed by atoms with Crippen LogP contribution in [0.25, 0.3) is 16.3 Å². The van der Waals surface area contributed by atoms with Gasteiger partial charge in [0.25, 0.3) is 5.01 Å². The molecule has 0 unspecified atom stereocenters. The Balaban J connectivity index is 0.00000225. The molecule has 4 rings (SSSR count). The van der Waals surface area contributed by atoms with E-state index in [1.165, 1.54) is 36.4 Å². The average Bonchev–Trinajstić information content (AvgIpc) is 3.23. The number of hydrogen-bond acceptors (Lipinski definition) is 3. The molecule has 2 aromatic carbocycles. The van der Waals surface area contributed by atoms with Gasteiger partial charge in [0.2, 0.25) is 5.52 Å². The molecule has 0 N–H and O–H groups in total. The van der Waals surface area contributed by atoms with Crippen molar-refractivity contribution in [2.24, 2.45) is 0 Å². The number of aryl methyl sites for hydroxylation is 1. The summed E-state index contributed by atoms with van der Waals surface area (Å²) in [5, 5.41) is 2.66. The summed E-state index contributed by atoms with van der Waals surface area (Å²) in [6, 6.07) is 17.4. The quantitative estimate of drug-likeness (QED) is 0.376. The highest BCUT2D eigenvalue weighted by atomic mass is 127. The van der Waals surface area contributed by atoms with Crippen LogP contribution in [-0.4, -0.2) is 6.54 Å². The first-order valence-electron chi connectivity index (χ1n) is 9.63. The van der Waals surface area contributed by atoms with Crippen molar-refractivity contribution in [1.29, 1.82) is 0 Å². The molecule has 146 valence electrons. The van der Waals surface area contributed by atoms with E-state index in [-0.39, 0.29) is 24.0 Å². The number of halogens is 1. The molecule has 0 saturated heterocycles. The van der Waals surface area contributed by atoms with E-state index in [4.69, 9.17) is 0 Å². The smallest absolute Gasteiger partial charge is 0.263 e. The minimum absolute atomic E-state index is 0. The van der Waals surface area contributed by atoms with Crippen LogP contribution in [0.2, 0.25) is 0 Å². The normalized spacial score (nSPS) is 15.2. The van der Waals surface area contributed by atoms with Gasteiger partial charge in [-0.2, -0.15) is 4.57 Å². The Kier molecular flexibility index (Phi) is 7.23. The fourth-order valence-electron chi connectivity index (χ4n) is 3.54. The monoisotopic (exact) mass is 520 g/mol. The summed E-state index contributed by atoms with van der Waals surface area (Å²) in [7, 11) is 0. The van der Waals surface area contributed by atoms with Crippen molar-refractivity contribution in [3.63, 3.8) is 0 Å². The molecule has 0 fully saturated rings. The summed E-state index contributed by atoms with van der Waals surface area (Å²) in [4.78, 5) is 3.77. The number of para-hydroxylation sites is 2. The summed E-state index contributed by atoms with van der Waals surface area (Å²) in [6.07, 6.45) is 5.77. The Labute approximate surface area is 193 Å². The lowest BCUT2D eigenvalue weighted by atomic mass is 10.2. The van der Waals surface area contributed by atoms with Crippen molar-refractivity contribution in [2.45, 2.75) is 38.6 Å². The van der Waals surface area contributed by atoms with Gasteiger partial charge in [0.15, 0.2) is 0 Å². The van der Waals surface area contributed by atoms with Gasteiger partial charge in [-0.25, -0.2) is 0 Å². The summed E-state index contributed by atoms with van der Waals surface area (Å²) in [6.45, 7) is 8.68. The molecule has 0 saturated carbocycles. The number of anilines is 1. The molecule has 0 bridgehead atoms. The van der Waals surface area contributed by atoms with E-state index in [1.54, 1.807) is 0 Å². The van der Waals surface area contributed by atoms with E-state index in [0.29, 0.717) is 0 Å². The maximum atomic E-state index is 2.42. The standard InChI is InChI=1S/C23H25N2S2.HI/c1-4-17(15-22-24(5-2)18-11-7-9-13-20(18)26-22)16-23-25(6-3)19-12-8-10-14-21(19)27-23;/h7-16H,4-6H2,1-3H3;1H/q+1;/p-1. The Hall–Kier alpha value is -1.31.